The summed E-state index contributed by atoms with van der Waals surface area (Å²) in [5.74, 6) is 0.902. The molecule has 7 rings (SSSR count). The molecule has 0 unspecified atom stereocenters. The van der Waals surface area contributed by atoms with Crippen LogP contribution in [0.3, 0.4) is 0 Å². The number of aromatic nitrogens is 2. The molecule has 1 aromatic carbocycles. The first-order valence-corrected chi connectivity index (χ1v) is 16.9. The average molecular weight is 601 g/mol. The molecule has 2 saturated carbocycles. The molecule has 2 aliphatic carbocycles. The highest BCUT2D eigenvalue weighted by Crippen LogP contribution is 2.54. The molecule has 0 radical (unpaired) electrons. The molecule has 1 aromatic heterocycles. The third kappa shape index (κ3) is 5.80. The third-order valence-electron chi connectivity index (χ3n) is 11.4. The fourth-order valence-electron chi connectivity index (χ4n) is 8.38. The maximum absolute atomic E-state index is 14.2. The van der Waals surface area contributed by atoms with Crippen molar-refractivity contribution < 1.29 is 14.4 Å². The zero-order valence-corrected chi connectivity index (χ0v) is 26.5. The quantitative estimate of drug-likeness (QED) is 0.485. The predicted octanol–water partition coefficient (Wildman–Crippen LogP) is 3.60. The van der Waals surface area contributed by atoms with Crippen LogP contribution in [-0.2, 0) is 16.1 Å². The van der Waals surface area contributed by atoms with Crippen molar-refractivity contribution in [3.05, 3.63) is 53.9 Å². The van der Waals surface area contributed by atoms with E-state index in [-0.39, 0.29) is 40.4 Å². The Hall–Kier alpha value is -3.20. The molecule has 0 bridgehead atoms. The number of carbonyl (C=O) groups excluding carboxylic acids is 3. The van der Waals surface area contributed by atoms with Gasteiger partial charge in [-0.05, 0) is 36.2 Å². The van der Waals surface area contributed by atoms with Crippen molar-refractivity contribution in [3.63, 3.8) is 0 Å². The first-order valence-electron chi connectivity index (χ1n) is 16.9. The molecular formula is C35H48N6O3. The Balaban J connectivity index is 1.02. The molecule has 1 spiro atoms. The highest BCUT2D eigenvalue weighted by Gasteiger charge is 2.62. The zero-order valence-electron chi connectivity index (χ0n) is 26.5. The van der Waals surface area contributed by atoms with E-state index >= 15 is 0 Å². The summed E-state index contributed by atoms with van der Waals surface area (Å²) in [5, 5.41) is 4.46. The molecule has 5 fully saturated rings. The summed E-state index contributed by atoms with van der Waals surface area (Å²) in [7, 11) is 0. The molecule has 236 valence electrons. The van der Waals surface area contributed by atoms with Crippen LogP contribution in [0.15, 0.2) is 42.7 Å². The van der Waals surface area contributed by atoms with E-state index in [0.717, 1.165) is 50.6 Å². The van der Waals surface area contributed by atoms with Gasteiger partial charge in [-0.15, -0.1) is 0 Å². The molecule has 9 heteroatoms. The minimum Gasteiger partial charge on any atom is -0.341 e. The molecule has 44 heavy (non-hydrogen) atoms. The standard InChI is InChI=1S/C35H48N6O3/c1-34(2)17-29(34)32(43)40-24-35(25-40)23-39(31(42)28-18-36-41(21-28)20-27-11-7-4-8-12-27)22-30(35)33(44)38-15-13-37(14-16-38)19-26-9-5-3-6-10-26/h4,7-8,11-12,18,21,26,29-30H,3,5-6,9-10,13-17,19-20,22-25H2,1-2H3/t29-,30+/m1/s1. The number of piperazine rings is 1. The maximum atomic E-state index is 14.2. The Kier molecular flexibility index (Phi) is 7.79. The maximum Gasteiger partial charge on any atom is 0.257 e. The first-order chi connectivity index (χ1) is 21.2. The van der Waals surface area contributed by atoms with E-state index in [9.17, 15) is 14.4 Å². The van der Waals surface area contributed by atoms with Crippen molar-refractivity contribution in [2.24, 2.45) is 28.6 Å². The molecule has 2 atom stereocenters. The van der Waals surface area contributed by atoms with Crippen LogP contribution in [0.2, 0.25) is 0 Å². The summed E-state index contributed by atoms with van der Waals surface area (Å²) in [5.41, 5.74) is 1.37. The smallest absolute Gasteiger partial charge is 0.257 e. The molecule has 5 aliphatic rings. The summed E-state index contributed by atoms with van der Waals surface area (Å²) in [6.45, 7) is 11.4. The summed E-state index contributed by atoms with van der Waals surface area (Å²) >= 11 is 0. The number of carbonyl (C=O) groups is 3. The van der Waals surface area contributed by atoms with Crippen molar-refractivity contribution in [1.82, 2.24) is 29.4 Å². The molecule has 3 amide bonds. The van der Waals surface area contributed by atoms with Crippen LogP contribution in [0.4, 0.5) is 0 Å². The van der Waals surface area contributed by atoms with Gasteiger partial charge in [0.2, 0.25) is 11.8 Å². The SMILES string of the molecule is CC1(C)C[C@@H]1C(=O)N1CC2(CN(C(=O)c3cnn(Cc4ccccc4)c3)C[C@H]2C(=O)N2CCN(CC3CCCCC3)CC2)C1. The van der Waals surface area contributed by atoms with E-state index in [2.05, 4.69) is 23.8 Å². The largest absolute Gasteiger partial charge is 0.341 e. The number of rotatable bonds is 7. The number of hydrogen-bond acceptors (Lipinski definition) is 5. The van der Waals surface area contributed by atoms with Gasteiger partial charge in [-0.3, -0.25) is 24.0 Å². The highest BCUT2D eigenvalue weighted by atomic mass is 16.2. The van der Waals surface area contributed by atoms with Crippen LogP contribution in [0.25, 0.3) is 0 Å². The minimum atomic E-state index is -0.374. The zero-order chi connectivity index (χ0) is 30.5. The Morgan fingerprint density at radius 3 is 2.18 bits per heavy atom. The third-order valence-corrected chi connectivity index (χ3v) is 11.4. The van der Waals surface area contributed by atoms with Crippen molar-refractivity contribution in [2.45, 2.75) is 58.9 Å². The van der Waals surface area contributed by atoms with Crippen molar-refractivity contribution >= 4 is 17.7 Å². The molecule has 3 saturated heterocycles. The molecule has 9 nitrogen and oxygen atoms in total. The molecule has 4 heterocycles. The number of hydrogen-bond donors (Lipinski definition) is 0. The van der Waals surface area contributed by atoms with Crippen LogP contribution in [0.5, 0.6) is 0 Å². The van der Waals surface area contributed by atoms with E-state index in [1.54, 1.807) is 10.9 Å². The second kappa shape index (κ2) is 11.6. The summed E-state index contributed by atoms with van der Waals surface area (Å²) in [6, 6.07) is 10.1. The fraction of sp³-hybridized carbons (Fsp3) is 0.657. The summed E-state index contributed by atoms with van der Waals surface area (Å²) in [4.78, 5) is 49.6. The lowest BCUT2D eigenvalue weighted by atomic mass is 9.70. The molecule has 2 aromatic rings. The van der Waals surface area contributed by atoms with Crippen LogP contribution < -0.4 is 0 Å². The van der Waals surface area contributed by atoms with Crippen LogP contribution in [-0.4, -0.2) is 106 Å². The predicted molar refractivity (Wildman–Crippen MR) is 168 cm³/mol. The van der Waals surface area contributed by atoms with Crippen molar-refractivity contribution in [3.8, 4) is 0 Å². The van der Waals surface area contributed by atoms with Gasteiger partial charge in [-0.1, -0.05) is 63.4 Å². The normalized spacial score (nSPS) is 26.5. The Labute approximate surface area is 261 Å². The number of likely N-dealkylation sites (tertiary alicyclic amines) is 2. The van der Waals surface area contributed by atoms with Crippen LogP contribution >= 0.6 is 0 Å². The van der Waals surface area contributed by atoms with E-state index in [1.807, 2.05) is 51.2 Å². The second-order valence-corrected chi connectivity index (χ2v) is 15.1. The van der Waals surface area contributed by atoms with Gasteiger partial charge < -0.3 is 14.7 Å². The van der Waals surface area contributed by atoms with E-state index in [1.165, 1.54) is 32.1 Å². The minimum absolute atomic E-state index is 0.0734. The van der Waals surface area contributed by atoms with Crippen LogP contribution in [0, 0.1) is 28.6 Å². The molecular weight excluding hydrogens is 552 g/mol. The Morgan fingerprint density at radius 2 is 1.50 bits per heavy atom. The summed E-state index contributed by atoms with van der Waals surface area (Å²) in [6.07, 6.45) is 11.2. The van der Waals surface area contributed by atoms with Gasteiger partial charge in [0.1, 0.15) is 0 Å². The van der Waals surface area contributed by atoms with Gasteiger partial charge in [0, 0.05) is 76.4 Å². The van der Waals surface area contributed by atoms with Crippen LogP contribution in [0.1, 0.15) is 68.3 Å². The first kappa shape index (κ1) is 29.5. The average Bonchev–Trinajstić information content (AvgIpc) is 3.32. The van der Waals surface area contributed by atoms with Crippen molar-refractivity contribution in [1.29, 1.82) is 0 Å². The lowest BCUT2D eigenvalue weighted by molar-refractivity contribution is -0.156. The monoisotopic (exact) mass is 600 g/mol. The Morgan fingerprint density at radius 1 is 0.841 bits per heavy atom. The van der Waals surface area contributed by atoms with Gasteiger partial charge in [-0.2, -0.15) is 5.10 Å². The van der Waals surface area contributed by atoms with E-state index in [4.69, 9.17) is 0 Å². The lowest BCUT2D eigenvalue weighted by Gasteiger charge is -2.51. The number of benzene rings is 1. The van der Waals surface area contributed by atoms with Gasteiger partial charge >= 0.3 is 0 Å². The fourth-order valence-corrected chi connectivity index (χ4v) is 8.38. The van der Waals surface area contributed by atoms with Gasteiger partial charge in [0.15, 0.2) is 0 Å². The second-order valence-electron chi connectivity index (χ2n) is 15.1. The lowest BCUT2D eigenvalue weighted by Crippen LogP contribution is -2.65. The Bertz CT molecular complexity index is 1370. The number of amides is 3. The van der Waals surface area contributed by atoms with E-state index in [0.29, 0.717) is 38.3 Å². The topological polar surface area (TPSA) is 82.0 Å². The molecule has 3 aliphatic heterocycles. The van der Waals surface area contributed by atoms with Crippen molar-refractivity contribution in [2.75, 3.05) is 58.9 Å². The van der Waals surface area contributed by atoms with Gasteiger partial charge in [-0.25, -0.2) is 0 Å². The number of nitrogens with zero attached hydrogens (tertiary/aromatic N) is 6. The molecule has 0 N–H and O–H groups in total. The van der Waals surface area contributed by atoms with E-state index < -0.39 is 0 Å². The van der Waals surface area contributed by atoms with Gasteiger partial charge in [0.25, 0.3) is 5.91 Å². The highest BCUT2D eigenvalue weighted by molar-refractivity contribution is 5.95. The van der Waals surface area contributed by atoms with Gasteiger partial charge in [0.05, 0.1) is 24.2 Å². The summed E-state index contributed by atoms with van der Waals surface area (Å²) < 4.78 is 1.80.